The van der Waals surface area contributed by atoms with E-state index >= 15 is 0 Å². The minimum atomic E-state index is -3.62. The monoisotopic (exact) mass is 486 g/mol. The lowest BCUT2D eigenvalue weighted by atomic mass is 10.1. The van der Waals surface area contributed by atoms with Gasteiger partial charge in [-0.25, -0.2) is 13.2 Å². The minimum Gasteiger partial charge on any atom is -0.484 e. The Hall–Kier alpha value is -3.37. The average Bonchev–Trinajstić information content (AvgIpc) is 3.52. The van der Waals surface area contributed by atoms with Crippen LogP contribution in [-0.2, 0) is 26.0 Å². The number of thiophene rings is 1. The Balaban J connectivity index is 1.39. The molecule has 0 fully saturated rings. The maximum Gasteiger partial charge on any atom is 0.337 e. The fraction of sp³-hybridized carbons (Fsp3) is 0.217. The van der Waals surface area contributed by atoms with Crippen molar-refractivity contribution in [3.05, 3.63) is 71.1 Å². The molecule has 2 heterocycles. The Kier molecular flexibility index (Phi) is 6.39. The topological polar surface area (TPSA) is 93.2 Å². The van der Waals surface area contributed by atoms with E-state index in [0.29, 0.717) is 30.0 Å². The van der Waals surface area contributed by atoms with E-state index in [1.165, 1.54) is 18.5 Å². The predicted octanol–water partition coefficient (Wildman–Crippen LogP) is 3.33. The summed E-state index contributed by atoms with van der Waals surface area (Å²) in [5.74, 6) is -0.168. The molecule has 0 saturated carbocycles. The Morgan fingerprint density at radius 3 is 2.55 bits per heavy atom. The molecule has 0 bridgehead atoms. The van der Waals surface area contributed by atoms with Crippen molar-refractivity contribution in [2.24, 2.45) is 0 Å². The minimum absolute atomic E-state index is 0.166. The van der Waals surface area contributed by atoms with E-state index < -0.39 is 16.0 Å². The summed E-state index contributed by atoms with van der Waals surface area (Å²) >= 11 is 1.16. The zero-order valence-corrected chi connectivity index (χ0v) is 19.7. The van der Waals surface area contributed by atoms with Crippen molar-refractivity contribution in [1.29, 1.82) is 0 Å². The Morgan fingerprint density at radius 2 is 1.88 bits per heavy atom. The molecule has 0 radical (unpaired) electrons. The van der Waals surface area contributed by atoms with Crippen LogP contribution in [0.3, 0.4) is 0 Å². The molecule has 10 heteroatoms. The first kappa shape index (κ1) is 22.8. The van der Waals surface area contributed by atoms with Crippen LogP contribution in [0.5, 0.6) is 5.75 Å². The van der Waals surface area contributed by atoms with Gasteiger partial charge in [0.25, 0.3) is 15.9 Å². The molecule has 1 aliphatic rings. The summed E-state index contributed by atoms with van der Waals surface area (Å²) in [5, 5.41) is 1.71. The second-order valence-corrected chi connectivity index (χ2v) is 10.5. The van der Waals surface area contributed by atoms with Crippen LogP contribution in [0.15, 0.2) is 64.2 Å². The van der Waals surface area contributed by atoms with Crippen LogP contribution in [0.4, 0.5) is 11.4 Å². The van der Waals surface area contributed by atoms with E-state index in [9.17, 15) is 18.0 Å². The SMILES string of the molecule is COC(=O)c1ccc2c(c1)CCN2C(=O)COc1ccc(N(C)S(=O)(=O)c2cccs2)cc1. The molecule has 172 valence electrons. The second kappa shape index (κ2) is 9.24. The van der Waals surface area contributed by atoms with Crippen LogP contribution in [0.2, 0.25) is 0 Å². The van der Waals surface area contributed by atoms with Crippen molar-refractivity contribution in [3.8, 4) is 5.75 Å². The third-order valence-corrected chi connectivity index (χ3v) is 8.53. The van der Waals surface area contributed by atoms with Gasteiger partial charge in [0.15, 0.2) is 6.61 Å². The molecule has 2 aromatic carbocycles. The molecule has 0 atom stereocenters. The van der Waals surface area contributed by atoms with Crippen LogP contribution in [0, 0.1) is 0 Å². The van der Waals surface area contributed by atoms with Gasteiger partial charge in [0, 0.05) is 19.3 Å². The fourth-order valence-electron chi connectivity index (χ4n) is 3.56. The van der Waals surface area contributed by atoms with Crippen molar-refractivity contribution >= 4 is 44.6 Å². The largest absolute Gasteiger partial charge is 0.484 e. The number of carbonyl (C=O) groups is 2. The Labute approximate surface area is 196 Å². The van der Waals surface area contributed by atoms with Crippen LogP contribution < -0.4 is 13.9 Å². The highest BCUT2D eigenvalue weighted by Crippen LogP contribution is 2.30. The molecule has 1 amide bonds. The van der Waals surface area contributed by atoms with Gasteiger partial charge in [-0.3, -0.25) is 9.10 Å². The van der Waals surface area contributed by atoms with Gasteiger partial charge in [-0.15, -0.1) is 11.3 Å². The molecule has 4 rings (SSSR count). The molecular formula is C23H22N2O6S2. The number of carbonyl (C=O) groups excluding carboxylic acids is 2. The Morgan fingerprint density at radius 1 is 1.12 bits per heavy atom. The first-order valence-electron chi connectivity index (χ1n) is 10.1. The molecule has 1 aromatic heterocycles. The number of benzene rings is 2. The third-order valence-electron chi connectivity index (χ3n) is 5.37. The lowest BCUT2D eigenvalue weighted by molar-refractivity contribution is -0.120. The smallest absolute Gasteiger partial charge is 0.337 e. The number of sulfonamides is 1. The number of ether oxygens (including phenoxy) is 2. The lowest BCUT2D eigenvalue weighted by Crippen LogP contribution is -2.33. The normalized spacial score (nSPS) is 12.8. The van der Waals surface area contributed by atoms with Crippen molar-refractivity contribution < 1.29 is 27.5 Å². The number of nitrogens with zero attached hydrogens (tertiary/aromatic N) is 2. The highest BCUT2D eigenvalue weighted by Gasteiger charge is 2.26. The number of methoxy groups -OCH3 is 1. The molecule has 0 N–H and O–H groups in total. The van der Waals surface area contributed by atoms with Crippen LogP contribution >= 0.6 is 11.3 Å². The van der Waals surface area contributed by atoms with Crippen LogP contribution in [0.25, 0.3) is 0 Å². The number of fused-ring (bicyclic) bond motifs is 1. The molecule has 1 aliphatic heterocycles. The summed E-state index contributed by atoms with van der Waals surface area (Å²) in [4.78, 5) is 26.1. The van der Waals surface area contributed by atoms with Crippen molar-refractivity contribution in [1.82, 2.24) is 0 Å². The third kappa shape index (κ3) is 4.57. The standard InChI is InChI=1S/C23H22N2O6S2/c1-24(33(28,29)22-4-3-13-32-22)18-6-8-19(9-7-18)31-15-21(26)25-12-11-16-14-17(23(27)30-2)5-10-20(16)25/h3-10,13-14H,11-12,15H2,1-2H3. The zero-order chi connectivity index (χ0) is 23.6. The summed E-state index contributed by atoms with van der Waals surface area (Å²) in [6, 6.07) is 14.9. The summed E-state index contributed by atoms with van der Waals surface area (Å²) in [7, 11) is -0.795. The zero-order valence-electron chi connectivity index (χ0n) is 18.1. The van der Waals surface area contributed by atoms with Crippen LogP contribution in [0.1, 0.15) is 15.9 Å². The molecule has 33 heavy (non-hydrogen) atoms. The lowest BCUT2D eigenvalue weighted by Gasteiger charge is -2.19. The second-order valence-electron chi connectivity index (χ2n) is 7.32. The average molecular weight is 487 g/mol. The van der Waals surface area contributed by atoms with Gasteiger partial charge in [0.2, 0.25) is 0 Å². The van der Waals surface area contributed by atoms with Crippen molar-refractivity contribution in [2.75, 3.05) is 36.5 Å². The maximum atomic E-state index is 12.7. The van der Waals surface area contributed by atoms with Crippen molar-refractivity contribution in [3.63, 3.8) is 0 Å². The van der Waals surface area contributed by atoms with Gasteiger partial charge >= 0.3 is 5.97 Å². The first-order valence-corrected chi connectivity index (χ1v) is 12.4. The number of anilines is 2. The summed E-state index contributed by atoms with van der Waals surface area (Å²) in [6.45, 7) is 0.341. The number of hydrogen-bond donors (Lipinski definition) is 0. The number of hydrogen-bond acceptors (Lipinski definition) is 7. The highest BCUT2D eigenvalue weighted by atomic mass is 32.2. The van der Waals surface area contributed by atoms with Gasteiger partial charge in [-0.05, 0) is 65.9 Å². The van der Waals surface area contributed by atoms with Crippen molar-refractivity contribution in [2.45, 2.75) is 10.6 Å². The molecular weight excluding hydrogens is 464 g/mol. The summed E-state index contributed by atoms with van der Waals surface area (Å²) in [5.41, 5.74) is 2.60. The summed E-state index contributed by atoms with van der Waals surface area (Å²) < 4.78 is 37.1. The van der Waals surface area contributed by atoms with Gasteiger partial charge in [-0.1, -0.05) is 6.07 Å². The predicted molar refractivity (Wildman–Crippen MR) is 126 cm³/mol. The number of rotatable bonds is 7. The number of amides is 1. The van der Waals surface area contributed by atoms with Gasteiger partial charge < -0.3 is 14.4 Å². The Bertz CT molecular complexity index is 1270. The molecule has 0 unspecified atom stereocenters. The van der Waals surface area contributed by atoms with E-state index in [2.05, 4.69) is 0 Å². The summed E-state index contributed by atoms with van der Waals surface area (Å²) in [6.07, 6.45) is 0.644. The molecule has 0 spiro atoms. The maximum absolute atomic E-state index is 12.7. The molecule has 0 aliphatic carbocycles. The highest BCUT2D eigenvalue weighted by molar-refractivity contribution is 7.94. The molecule has 3 aromatic rings. The van der Waals surface area contributed by atoms with Crippen LogP contribution in [-0.4, -0.2) is 47.6 Å². The quantitative estimate of drug-likeness (QED) is 0.476. The van der Waals surface area contributed by atoms with E-state index in [1.807, 2.05) is 0 Å². The van der Waals surface area contributed by atoms with E-state index in [-0.39, 0.29) is 16.7 Å². The number of esters is 1. The molecule has 8 nitrogen and oxygen atoms in total. The van der Waals surface area contributed by atoms with Gasteiger partial charge in [-0.2, -0.15) is 0 Å². The van der Waals surface area contributed by atoms with E-state index in [1.54, 1.807) is 64.9 Å². The van der Waals surface area contributed by atoms with Gasteiger partial charge in [0.05, 0.1) is 18.4 Å². The van der Waals surface area contributed by atoms with E-state index in [0.717, 1.165) is 22.6 Å². The van der Waals surface area contributed by atoms with E-state index in [4.69, 9.17) is 9.47 Å². The molecule has 0 saturated heterocycles. The fourth-order valence-corrected chi connectivity index (χ4v) is 5.92. The van der Waals surface area contributed by atoms with Gasteiger partial charge in [0.1, 0.15) is 9.96 Å². The first-order chi connectivity index (χ1) is 15.8.